The summed E-state index contributed by atoms with van der Waals surface area (Å²) in [5, 5.41) is 0. The van der Waals surface area contributed by atoms with Gasteiger partial charge in [0.1, 0.15) is 36.8 Å². The molecule has 0 aromatic heterocycles. The lowest BCUT2D eigenvalue weighted by Gasteiger charge is -2.36. The summed E-state index contributed by atoms with van der Waals surface area (Å²) < 4.78 is 48.6. The first kappa shape index (κ1) is 18.8. The van der Waals surface area contributed by atoms with Gasteiger partial charge in [0, 0.05) is 0 Å². The molecular formula is C20H25FO6. The highest BCUT2D eigenvalue weighted by atomic mass is 19.1. The minimum Gasteiger partial charge on any atom is -0.498 e. The van der Waals surface area contributed by atoms with Crippen LogP contribution >= 0.6 is 0 Å². The van der Waals surface area contributed by atoms with Gasteiger partial charge < -0.3 is 28.4 Å². The molecular weight excluding hydrogens is 355 g/mol. The molecule has 5 atom stereocenters. The third-order valence-corrected chi connectivity index (χ3v) is 4.74. The van der Waals surface area contributed by atoms with Crippen molar-refractivity contribution >= 4 is 6.08 Å². The maximum atomic E-state index is 12.9. The van der Waals surface area contributed by atoms with Crippen molar-refractivity contribution in [2.45, 2.75) is 70.0 Å². The molecule has 0 N–H and O–H groups in total. The SMILES string of the molecule is CC1(C)O[C@H]2[C@@H](O1)[C@@H](CO/C=C/c1ccc(F)cc1)O[C@@H]1OC(C)(C)O[C@@H]12. The lowest BCUT2D eigenvalue weighted by atomic mass is 9.99. The van der Waals surface area contributed by atoms with E-state index in [0.29, 0.717) is 0 Å². The Labute approximate surface area is 158 Å². The smallest absolute Gasteiger partial charge is 0.190 e. The largest absolute Gasteiger partial charge is 0.498 e. The lowest BCUT2D eigenvalue weighted by molar-refractivity contribution is -0.240. The second-order valence-corrected chi connectivity index (χ2v) is 7.90. The Kier molecular flexibility index (Phi) is 4.76. The maximum Gasteiger partial charge on any atom is 0.190 e. The third-order valence-electron chi connectivity index (χ3n) is 4.74. The average molecular weight is 380 g/mol. The van der Waals surface area contributed by atoms with Crippen molar-refractivity contribution in [2.75, 3.05) is 6.61 Å². The van der Waals surface area contributed by atoms with Gasteiger partial charge in [-0.25, -0.2) is 4.39 Å². The molecule has 3 fully saturated rings. The van der Waals surface area contributed by atoms with Crippen LogP contribution in [0, 0.1) is 5.82 Å². The van der Waals surface area contributed by atoms with Crippen LogP contribution in [0.1, 0.15) is 33.3 Å². The summed E-state index contributed by atoms with van der Waals surface area (Å²) in [7, 11) is 0. The summed E-state index contributed by atoms with van der Waals surface area (Å²) >= 11 is 0. The molecule has 148 valence electrons. The van der Waals surface area contributed by atoms with E-state index in [9.17, 15) is 4.39 Å². The molecule has 3 aliphatic rings. The third kappa shape index (κ3) is 4.02. The van der Waals surface area contributed by atoms with Crippen LogP contribution in [0.5, 0.6) is 0 Å². The van der Waals surface area contributed by atoms with Gasteiger partial charge in [-0.1, -0.05) is 12.1 Å². The highest BCUT2D eigenvalue weighted by Crippen LogP contribution is 2.44. The molecule has 1 aromatic carbocycles. The van der Waals surface area contributed by atoms with Crippen LogP contribution in [0.2, 0.25) is 0 Å². The summed E-state index contributed by atoms with van der Waals surface area (Å²) in [6.07, 6.45) is 1.46. The molecule has 0 aliphatic carbocycles. The van der Waals surface area contributed by atoms with Crippen LogP contribution in [0.15, 0.2) is 30.5 Å². The number of halogens is 1. The van der Waals surface area contributed by atoms with Gasteiger partial charge >= 0.3 is 0 Å². The predicted molar refractivity (Wildman–Crippen MR) is 93.9 cm³/mol. The van der Waals surface area contributed by atoms with E-state index in [1.54, 1.807) is 24.5 Å². The molecule has 0 saturated carbocycles. The lowest BCUT2D eigenvalue weighted by Crippen LogP contribution is -2.56. The topological polar surface area (TPSA) is 55.4 Å². The predicted octanol–water partition coefficient (Wildman–Crippen LogP) is 3.21. The maximum absolute atomic E-state index is 12.9. The first-order valence-electron chi connectivity index (χ1n) is 9.13. The zero-order valence-electron chi connectivity index (χ0n) is 15.9. The molecule has 0 bridgehead atoms. The summed E-state index contributed by atoms with van der Waals surface area (Å²) in [5.74, 6) is -1.74. The first-order valence-corrected chi connectivity index (χ1v) is 9.13. The van der Waals surface area contributed by atoms with Gasteiger partial charge in [-0.3, -0.25) is 0 Å². The second kappa shape index (κ2) is 6.83. The van der Waals surface area contributed by atoms with E-state index in [2.05, 4.69) is 0 Å². The van der Waals surface area contributed by atoms with Crippen molar-refractivity contribution in [3.63, 3.8) is 0 Å². The average Bonchev–Trinajstić information content (AvgIpc) is 3.07. The van der Waals surface area contributed by atoms with E-state index in [4.69, 9.17) is 28.4 Å². The standard InChI is InChI=1S/C20H25FO6/c1-19(2)24-15-14(11-22-10-9-12-5-7-13(21)8-6-12)23-18-17(16(15)25-19)26-20(3,4)27-18/h5-10,14-18H,11H2,1-4H3/b10-9+/t14-,15+,16+,17-,18-/m1/s1. The number of benzene rings is 1. The molecule has 7 heteroatoms. The fourth-order valence-electron chi connectivity index (χ4n) is 3.68. The molecule has 0 spiro atoms. The zero-order valence-corrected chi connectivity index (χ0v) is 15.9. The molecule has 4 rings (SSSR count). The minimum absolute atomic E-state index is 0.269. The van der Waals surface area contributed by atoms with Gasteiger partial charge in [0.05, 0.1) is 6.26 Å². The van der Waals surface area contributed by atoms with Crippen LogP contribution < -0.4 is 0 Å². The molecule has 27 heavy (non-hydrogen) atoms. The van der Waals surface area contributed by atoms with E-state index < -0.39 is 17.9 Å². The van der Waals surface area contributed by atoms with Crippen LogP contribution in [0.25, 0.3) is 6.08 Å². The highest BCUT2D eigenvalue weighted by Gasteiger charge is 2.60. The van der Waals surface area contributed by atoms with Crippen molar-refractivity contribution in [1.29, 1.82) is 0 Å². The van der Waals surface area contributed by atoms with Gasteiger partial charge in [0.25, 0.3) is 0 Å². The van der Waals surface area contributed by atoms with E-state index in [0.717, 1.165) is 5.56 Å². The fourth-order valence-corrected chi connectivity index (χ4v) is 3.68. The number of hydrogen-bond donors (Lipinski definition) is 0. The number of fused-ring (bicyclic) bond motifs is 3. The molecule has 1 aromatic rings. The molecule has 0 unspecified atom stereocenters. The first-order chi connectivity index (χ1) is 12.7. The Hall–Kier alpha value is -1.51. The van der Waals surface area contributed by atoms with Crippen LogP contribution in [-0.4, -0.2) is 48.9 Å². The van der Waals surface area contributed by atoms with Crippen LogP contribution in [0.3, 0.4) is 0 Å². The van der Waals surface area contributed by atoms with Crippen molar-refractivity contribution in [3.8, 4) is 0 Å². The molecule has 6 nitrogen and oxygen atoms in total. The van der Waals surface area contributed by atoms with E-state index in [-0.39, 0.29) is 36.8 Å². The van der Waals surface area contributed by atoms with E-state index >= 15 is 0 Å². The van der Waals surface area contributed by atoms with Gasteiger partial charge in [-0.2, -0.15) is 0 Å². The Morgan fingerprint density at radius 1 is 0.926 bits per heavy atom. The molecule has 3 heterocycles. The fraction of sp³-hybridized carbons (Fsp3) is 0.600. The monoisotopic (exact) mass is 380 g/mol. The molecule has 3 aliphatic heterocycles. The van der Waals surface area contributed by atoms with E-state index in [1.807, 2.05) is 27.7 Å². The van der Waals surface area contributed by atoms with Crippen molar-refractivity contribution < 1.29 is 32.8 Å². The molecule has 0 amide bonds. The highest BCUT2D eigenvalue weighted by molar-refractivity contribution is 5.47. The Bertz CT molecular complexity index is 701. The summed E-state index contributed by atoms with van der Waals surface area (Å²) in [5.41, 5.74) is 0.842. The van der Waals surface area contributed by atoms with E-state index in [1.165, 1.54) is 12.1 Å². The van der Waals surface area contributed by atoms with Gasteiger partial charge in [0.2, 0.25) is 0 Å². The van der Waals surface area contributed by atoms with Crippen LogP contribution in [0.4, 0.5) is 4.39 Å². The second-order valence-electron chi connectivity index (χ2n) is 7.90. The number of hydrogen-bond acceptors (Lipinski definition) is 6. The Morgan fingerprint density at radius 3 is 2.30 bits per heavy atom. The van der Waals surface area contributed by atoms with Crippen LogP contribution in [-0.2, 0) is 28.4 Å². The Balaban J connectivity index is 1.42. The number of rotatable bonds is 4. The quantitative estimate of drug-likeness (QED) is 0.748. The van der Waals surface area contributed by atoms with Crippen molar-refractivity contribution in [1.82, 2.24) is 0 Å². The zero-order chi connectivity index (χ0) is 19.2. The van der Waals surface area contributed by atoms with Crippen molar-refractivity contribution in [3.05, 3.63) is 41.9 Å². The Morgan fingerprint density at radius 2 is 1.56 bits per heavy atom. The number of ether oxygens (including phenoxy) is 6. The van der Waals surface area contributed by atoms with Gasteiger partial charge in [-0.05, 0) is 51.5 Å². The molecule has 3 saturated heterocycles. The summed E-state index contributed by atoms with van der Waals surface area (Å²) in [4.78, 5) is 0. The van der Waals surface area contributed by atoms with Gasteiger partial charge in [0.15, 0.2) is 17.9 Å². The van der Waals surface area contributed by atoms with Crippen molar-refractivity contribution in [2.24, 2.45) is 0 Å². The minimum atomic E-state index is -0.742. The molecule has 0 radical (unpaired) electrons. The van der Waals surface area contributed by atoms with Gasteiger partial charge in [-0.15, -0.1) is 0 Å². The summed E-state index contributed by atoms with van der Waals surface area (Å²) in [6, 6.07) is 6.16. The summed E-state index contributed by atoms with van der Waals surface area (Å²) in [6.45, 7) is 7.70. The normalized spacial score (nSPS) is 36.6.